The van der Waals surface area contributed by atoms with Gasteiger partial charge in [0.25, 0.3) is 5.91 Å². The third-order valence-electron chi connectivity index (χ3n) is 3.23. The molecular weight excluding hydrogens is 352 g/mol. The molecule has 0 aliphatic heterocycles. The summed E-state index contributed by atoms with van der Waals surface area (Å²) in [5, 5.41) is 8.16. The highest BCUT2D eigenvalue weighted by molar-refractivity contribution is 7.89. The minimum atomic E-state index is -3.72. The van der Waals surface area contributed by atoms with Crippen molar-refractivity contribution >= 4 is 27.5 Å². The maximum absolute atomic E-state index is 12.1. The third-order valence-corrected chi connectivity index (χ3v) is 4.47. The number of nitrogens with two attached hydrogens (primary N) is 1. The van der Waals surface area contributed by atoms with E-state index in [0.717, 1.165) is 5.56 Å². The predicted molar refractivity (Wildman–Crippen MR) is 91.2 cm³/mol. The van der Waals surface area contributed by atoms with Crippen molar-refractivity contribution < 1.29 is 17.9 Å². The number of carbonyl (C=O) groups is 1. The van der Waals surface area contributed by atoms with Crippen LogP contribution in [0.4, 0.5) is 0 Å². The molecule has 2 rings (SSSR count). The lowest BCUT2D eigenvalue weighted by Gasteiger charge is -2.15. The summed E-state index contributed by atoms with van der Waals surface area (Å²) in [6.45, 7) is 1.85. The molecule has 2 aromatic rings. The summed E-state index contributed by atoms with van der Waals surface area (Å²) in [6, 6.07) is 12.8. The topological polar surface area (TPSA) is 98.5 Å². The Bertz CT molecular complexity index is 822. The molecule has 0 heterocycles. The van der Waals surface area contributed by atoms with Crippen molar-refractivity contribution in [3.05, 3.63) is 59.1 Å². The summed E-state index contributed by atoms with van der Waals surface area (Å²) in [5.74, 6) is 0.116. The predicted octanol–water partition coefficient (Wildman–Crippen LogP) is 2.07. The van der Waals surface area contributed by atoms with Crippen LogP contribution >= 0.6 is 11.6 Å². The van der Waals surface area contributed by atoms with Gasteiger partial charge in [0.2, 0.25) is 10.0 Å². The van der Waals surface area contributed by atoms with E-state index in [-0.39, 0.29) is 17.3 Å². The summed E-state index contributed by atoms with van der Waals surface area (Å²) in [5.41, 5.74) is 0.737. The van der Waals surface area contributed by atoms with E-state index in [1.807, 2.05) is 0 Å². The van der Waals surface area contributed by atoms with Crippen LogP contribution in [-0.4, -0.2) is 20.4 Å². The van der Waals surface area contributed by atoms with Crippen LogP contribution in [0.3, 0.4) is 0 Å². The maximum Gasteiger partial charge on any atom is 0.261 e. The molecule has 3 N–H and O–H groups in total. The molecule has 8 heteroatoms. The van der Waals surface area contributed by atoms with E-state index in [4.69, 9.17) is 21.5 Å². The number of nitrogens with one attached hydrogen (secondary N) is 1. The van der Waals surface area contributed by atoms with Gasteiger partial charge in [0.15, 0.2) is 6.10 Å². The van der Waals surface area contributed by atoms with Gasteiger partial charge in [-0.15, -0.1) is 0 Å². The third kappa shape index (κ3) is 4.95. The summed E-state index contributed by atoms with van der Waals surface area (Å²) in [6.07, 6.45) is -0.728. The van der Waals surface area contributed by atoms with E-state index in [9.17, 15) is 13.2 Å². The molecule has 0 aliphatic rings. The summed E-state index contributed by atoms with van der Waals surface area (Å²) in [7, 11) is -3.72. The second-order valence-corrected chi connectivity index (χ2v) is 7.07. The average Bonchev–Trinajstić information content (AvgIpc) is 2.54. The summed E-state index contributed by atoms with van der Waals surface area (Å²) in [4.78, 5) is 12.1. The summed E-state index contributed by atoms with van der Waals surface area (Å²) >= 11 is 5.98. The maximum atomic E-state index is 12.1. The molecule has 1 unspecified atom stereocenters. The molecule has 24 heavy (non-hydrogen) atoms. The first-order chi connectivity index (χ1) is 11.3. The first-order valence-electron chi connectivity index (χ1n) is 7.08. The van der Waals surface area contributed by atoms with Crippen molar-refractivity contribution in [3.63, 3.8) is 0 Å². The van der Waals surface area contributed by atoms with Crippen LogP contribution in [0, 0.1) is 0 Å². The van der Waals surface area contributed by atoms with Crippen molar-refractivity contribution in [2.45, 2.75) is 24.5 Å². The molecule has 0 fully saturated rings. The molecule has 128 valence electrons. The van der Waals surface area contributed by atoms with Gasteiger partial charge in [0.1, 0.15) is 5.75 Å². The summed E-state index contributed by atoms with van der Waals surface area (Å²) < 4.78 is 27.9. The van der Waals surface area contributed by atoms with Crippen molar-refractivity contribution in [2.75, 3.05) is 0 Å². The number of ether oxygens (including phenoxy) is 1. The zero-order valence-electron chi connectivity index (χ0n) is 12.9. The molecule has 0 aromatic heterocycles. The minimum absolute atomic E-state index is 0.0213. The van der Waals surface area contributed by atoms with E-state index in [1.54, 1.807) is 43.3 Å². The largest absolute Gasteiger partial charge is 0.479 e. The second kappa shape index (κ2) is 7.65. The van der Waals surface area contributed by atoms with Gasteiger partial charge in [0.05, 0.1) is 9.92 Å². The monoisotopic (exact) mass is 368 g/mol. The molecule has 6 nitrogen and oxygen atoms in total. The standard InChI is InChI=1S/C16H17ClN2O4S/c1-11(23-15-5-3-2-4-14(15)17)16(20)19-10-12-6-8-13(9-7-12)24(18,21)22/h2-9,11H,10H2,1H3,(H,19,20)(H2,18,21,22). The first-order valence-corrected chi connectivity index (χ1v) is 9.00. The van der Waals surface area contributed by atoms with Crippen molar-refractivity contribution in [1.82, 2.24) is 5.32 Å². The molecule has 1 amide bonds. The Labute approximate surface area is 145 Å². The van der Waals surface area contributed by atoms with Crippen LogP contribution in [0.5, 0.6) is 5.75 Å². The van der Waals surface area contributed by atoms with Crippen LogP contribution in [0.25, 0.3) is 0 Å². The molecule has 2 aromatic carbocycles. The van der Waals surface area contributed by atoms with Crippen LogP contribution < -0.4 is 15.2 Å². The number of hydrogen-bond donors (Lipinski definition) is 2. The van der Waals surface area contributed by atoms with Gasteiger partial charge in [-0.25, -0.2) is 13.6 Å². The zero-order valence-corrected chi connectivity index (χ0v) is 14.5. The number of para-hydroxylation sites is 1. The van der Waals surface area contributed by atoms with Crippen molar-refractivity contribution in [2.24, 2.45) is 5.14 Å². The smallest absolute Gasteiger partial charge is 0.261 e. The molecule has 0 spiro atoms. The number of hydrogen-bond acceptors (Lipinski definition) is 4. The first kappa shape index (κ1) is 18.3. The number of benzene rings is 2. The quantitative estimate of drug-likeness (QED) is 0.815. The highest BCUT2D eigenvalue weighted by Crippen LogP contribution is 2.24. The molecule has 0 saturated heterocycles. The Morgan fingerprint density at radius 1 is 1.21 bits per heavy atom. The molecule has 0 radical (unpaired) electrons. The highest BCUT2D eigenvalue weighted by Gasteiger charge is 2.15. The lowest BCUT2D eigenvalue weighted by molar-refractivity contribution is -0.127. The van der Waals surface area contributed by atoms with Crippen LogP contribution in [-0.2, 0) is 21.4 Å². The normalized spacial score (nSPS) is 12.5. The van der Waals surface area contributed by atoms with E-state index in [0.29, 0.717) is 10.8 Å². The lowest BCUT2D eigenvalue weighted by atomic mass is 10.2. The number of primary sulfonamides is 1. The number of sulfonamides is 1. The molecule has 1 atom stereocenters. The SMILES string of the molecule is CC(Oc1ccccc1Cl)C(=O)NCc1ccc(S(N)(=O)=O)cc1. The van der Waals surface area contributed by atoms with Gasteiger partial charge < -0.3 is 10.1 Å². The van der Waals surface area contributed by atoms with Crippen LogP contribution in [0.15, 0.2) is 53.4 Å². The van der Waals surface area contributed by atoms with Gasteiger partial charge >= 0.3 is 0 Å². The van der Waals surface area contributed by atoms with Crippen LogP contribution in [0.2, 0.25) is 5.02 Å². The number of halogens is 1. The van der Waals surface area contributed by atoms with E-state index in [1.165, 1.54) is 12.1 Å². The number of amides is 1. The van der Waals surface area contributed by atoms with E-state index >= 15 is 0 Å². The fraction of sp³-hybridized carbons (Fsp3) is 0.188. The number of rotatable bonds is 6. The highest BCUT2D eigenvalue weighted by atomic mass is 35.5. The minimum Gasteiger partial charge on any atom is -0.479 e. The molecule has 0 saturated carbocycles. The van der Waals surface area contributed by atoms with Gasteiger partial charge in [-0.2, -0.15) is 0 Å². The van der Waals surface area contributed by atoms with Gasteiger partial charge in [-0.1, -0.05) is 35.9 Å². The Hall–Kier alpha value is -2.09. The fourth-order valence-electron chi connectivity index (χ4n) is 1.91. The van der Waals surface area contributed by atoms with Crippen molar-refractivity contribution in [1.29, 1.82) is 0 Å². The average molecular weight is 369 g/mol. The van der Waals surface area contributed by atoms with E-state index in [2.05, 4.69) is 5.32 Å². The molecule has 0 aliphatic carbocycles. The second-order valence-electron chi connectivity index (χ2n) is 5.10. The zero-order chi connectivity index (χ0) is 17.7. The molecule has 0 bridgehead atoms. The lowest BCUT2D eigenvalue weighted by Crippen LogP contribution is -2.35. The Morgan fingerprint density at radius 3 is 2.42 bits per heavy atom. The number of carbonyl (C=O) groups excluding carboxylic acids is 1. The van der Waals surface area contributed by atoms with Crippen LogP contribution in [0.1, 0.15) is 12.5 Å². The Kier molecular flexibility index (Phi) is 5.82. The fourth-order valence-corrected chi connectivity index (χ4v) is 2.61. The Balaban J connectivity index is 1.92. The molecular formula is C16H17ClN2O4S. The van der Waals surface area contributed by atoms with Gasteiger partial charge in [-0.3, -0.25) is 4.79 Å². The van der Waals surface area contributed by atoms with Gasteiger partial charge in [-0.05, 0) is 36.8 Å². The van der Waals surface area contributed by atoms with E-state index < -0.39 is 16.1 Å². The van der Waals surface area contributed by atoms with Gasteiger partial charge in [0, 0.05) is 6.54 Å². The Morgan fingerprint density at radius 2 is 1.83 bits per heavy atom. The van der Waals surface area contributed by atoms with Crippen molar-refractivity contribution in [3.8, 4) is 5.75 Å².